The van der Waals surface area contributed by atoms with Gasteiger partial charge in [-0.05, 0) is 43.9 Å². The maximum atomic E-state index is 13.2. The van der Waals surface area contributed by atoms with E-state index in [1.54, 1.807) is 23.1 Å². The molecule has 0 aliphatic carbocycles. The average molecular weight is 376 g/mol. The first-order valence-corrected chi connectivity index (χ1v) is 9.35. The van der Waals surface area contributed by atoms with Crippen LogP contribution in [0.1, 0.15) is 36.0 Å². The molecular formula is C19H24N2O6. The summed E-state index contributed by atoms with van der Waals surface area (Å²) in [5.74, 6) is 0.335. The lowest BCUT2D eigenvalue weighted by Gasteiger charge is -2.32. The van der Waals surface area contributed by atoms with E-state index in [0.29, 0.717) is 36.6 Å². The van der Waals surface area contributed by atoms with Crippen molar-refractivity contribution in [1.82, 2.24) is 4.90 Å². The van der Waals surface area contributed by atoms with Gasteiger partial charge >= 0.3 is 6.09 Å². The van der Waals surface area contributed by atoms with Crippen LogP contribution in [0.15, 0.2) is 18.2 Å². The van der Waals surface area contributed by atoms with Crippen LogP contribution in [0.4, 0.5) is 10.5 Å². The van der Waals surface area contributed by atoms with Crippen molar-refractivity contribution in [3.05, 3.63) is 23.8 Å². The van der Waals surface area contributed by atoms with E-state index in [1.165, 1.54) is 12.0 Å². The molecule has 0 spiro atoms. The molecule has 2 amide bonds. The Morgan fingerprint density at radius 2 is 2.15 bits per heavy atom. The minimum Gasteiger partial charge on any atom is -0.497 e. The lowest BCUT2D eigenvalue weighted by atomic mass is 10.1. The topological polar surface area (TPSA) is 88.5 Å². The molecule has 0 bridgehead atoms. The van der Waals surface area contributed by atoms with Crippen LogP contribution in [-0.4, -0.2) is 67.2 Å². The van der Waals surface area contributed by atoms with Crippen LogP contribution in [0.3, 0.4) is 0 Å². The number of carboxylic acid groups (broad SMARTS) is 1. The number of rotatable bonds is 3. The maximum absolute atomic E-state index is 13.2. The van der Waals surface area contributed by atoms with Gasteiger partial charge in [-0.1, -0.05) is 0 Å². The molecule has 3 heterocycles. The van der Waals surface area contributed by atoms with Crippen LogP contribution in [0, 0.1) is 0 Å². The van der Waals surface area contributed by atoms with Gasteiger partial charge in [0, 0.05) is 13.2 Å². The maximum Gasteiger partial charge on any atom is 0.411 e. The Labute approximate surface area is 157 Å². The highest BCUT2D eigenvalue weighted by atomic mass is 16.7. The van der Waals surface area contributed by atoms with Gasteiger partial charge in [-0.25, -0.2) is 4.79 Å². The van der Waals surface area contributed by atoms with E-state index in [-0.39, 0.29) is 30.9 Å². The van der Waals surface area contributed by atoms with E-state index in [1.807, 2.05) is 0 Å². The van der Waals surface area contributed by atoms with Crippen molar-refractivity contribution >= 4 is 17.7 Å². The van der Waals surface area contributed by atoms with Gasteiger partial charge in [-0.3, -0.25) is 9.69 Å². The molecule has 0 aromatic heterocycles. The third-order valence-electron chi connectivity index (χ3n) is 5.53. The summed E-state index contributed by atoms with van der Waals surface area (Å²) in [6.45, 7) is 1.39. The van der Waals surface area contributed by atoms with Gasteiger partial charge in [0.2, 0.25) is 0 Å². The molecule has 0 radical (unpaired) electrons. The van der Waals surface area contributed by atoms with Crippen molar-refractivity contribution in [1.29, 1.82) is 0 Å². The number of hydrogen-bond acceptors (Lipinski definition) is 5. The second-order valence-corrected chi connectivity index (χ2v) is 7.10. The van der Waals surface area contributed by atoms with E-state index >= 15 is 0 Å². The van der Waals surface area contributed by atoms with Crippen molar-refractivity contribution in [3.63, 3.8) is 0 Å². The van der Waals surface area contributed by atoms with Gasteiger partial charge in [0.1, 0.15) is 5.75 Å². The first kappa shape index (κ1) is 18.1. The fourth-order valence-corrected chi connectivity index (χ4v) is 4.14. The Balaban J connectivity index is 1.63. The van der Waals surface area contributed by atoms with Crippen LogP contribution in [0.25, 0.3) is 0 Å². The number of ether oxygens (including phenoxy) is 3. The second kappa shape index (κ2) is 7.36. The lowest BCUT2D eigenvalue weighted by Crippen LogP contribution is -2.47. The summed E-state index contributed by atoms with van der Waals surface area (Å²) < 4.78 is 17.0. The fraction of sp³-hybridized carbons (Fsp3) is 0.579. The third-order valence-corrected chi connectivity index (χ3v) is 5.53. The molecular weight excluding hydrogens is 352 g/mol. The summed E-state index contributed by atoms with van der Waals surface area (Å²) >= 11 is 0. The zero-order valence-corrected chi connectivity index (χ0v) is 15.3. The summed E-state index contributed by atoms with van der Waals surface area (Å²) in [7, 11) is 1.52. The molecule has 3 unspecified atom stereocenters. The number of benzene rings is 1. The first-order chi connectivity index (χ1) is 13.1. The predicted octanol–water partition coefficient (Wildman–Crippen LogP) is 2.32. The molecule has 1 N–H and O–H groups in total. The monoisotopic (exact) mass is 376 g/mol. The lowest BCUT2D eigenvalue weighted by molar-refractivity contribution is -0.190. The summed E-state index contributed by atoms with van der Waals surface area (Å²) in [6.07, 6.45) is 1.98. The molecule has 0 saturated carbocycles. The third kappa shape index (κ3) is 3.35. The van der Waals surface area contributed by atoms with Gasteiger partial charge in [0.05, 0.1) is 37.1 Å². The smallest absolute Gasteiger partial charge is 0.411 e. The molecule has 2 saturated heterocycles. The number of hydrogen-bond donors (Lipinski definition) is 1. The molecule has 8 heteroatoms. The Morgan fingerprint density at radius 3 is 2.85 bits per heavy atom. The quantitative estimate of drug-likeness (QED) is 0.871. The summed E-state index contributed by atoms with van der Waals surface area (Å²) in [6, 6.07) is 4.57. The molecule has 27 heavy (non-hydrogen) atoms. The van der Waals surface area contributed by atoms with Crippen molar-refractivity contribution in [2.24, 2.45) is 0 Å². The van der Waals surface area contributed by atoms with Gasteiger partial charge in [-0.15, -0.1) is 0 Å². The zero-order valence-electron chi connectivity index (χ0n) is 15.3. The highest BCUT2D eigenvalue weighted by molar-refractivity contribution is 6.05. The minimum atomic E-state index is -1.09. The Morgan fingerprint density at radius 1 is 1.30 bits per heavy atom. The molecule has 3 aliphatic heterocycles. The highest BCUT2D eigenvalue weighted by Crippen LogP contribution is 2.35. The van der Waals surface area contributed by atoms with E-state index in [2.05, 4.69) is 0 Å². The van der Waals surface area contributed by atoms with E-state index in [0.717, 1.165) is 19.3 Å². The number of fused-ring (bicyclic) bond motifs is 2. The standard InChI is InChI=1S/C19H24N2O6/c1-25-12-5-6-14-13(10-12)18(22)20-8-7-16(15(20)11-21(14)19(23)24)27-17-4-2-3-9-26-17/h5-6,10,15-17H,2-4,7-9,11H2,1H3,(H,23,24). The molecule has 4 rings (SSSR count). The summed E-state index contributed by atoms with van der Waals surface area (Å²) in [5.41, 5.74) is 0.726. The highest BCUT2D eigenvalue weighted by Gasteiger charge is 2.44. The Kier molecular flexibility index (Phi) is 4.92. The molecule has 3 atom stereocenters. The van der Waals surface area contributed by atoms with E-state index in [4.69, 9.17) is 14.2 Å². The van der Waals surface area contributed by atoms with Crippen molar-refractivity contribution < 1.29 is 28.9 Å². The molecule has 146 valence electrons. The molecule has 3 aliphatic rings. The number of nitrogens with zero attached hydrogens (tertiary/aromatic N) is 2. The largest absolute Gasteiger partial charge is 0.497 e. The number of anilines is 1. The van der Waals surface area contributed by atoms with Gasteiger partial charge in [-0.2, -0.15) is 0 Å². The number of carbonyl (C=O) groups excluding carboxylic acids is 1. The van der Waals surface area contributed by atoms with Crippen molar-refractivity contribution in [2.75, 3.05) is 31.7 Å². The van der Waals surface area contributed by atoms with Gasteiger partial charge < -0.3 is 24.2 Å². The Bertz CT molecular complexity index is 733. The fourth-order valence-electron chi connectivity index (χ4n) is 4.14. The summed E-state index contributed by atoms with van der Waals surface area (Å²) in [5, 5.41) is 9.75. The molecule has 2 fully saturated rings. The normalized spacial score (nSPS) is 27.7. The molecule has 1 aromatic rings. The van der Waals surface area contributed by atoms with Crippen LogP contribution in [0.5, 0.6) is 5.75 Å². The Hall–Kier alpha value is -2.32. The SMILES string of the molecule is COc1ccc2c(c1)C(=O)N1CCC(OC3CCCCO3)C1CN2C(=O)O. The van der Waals surface area contributed by atoms with Crippen LogP contribution < -0.4 is 9.64 Å². The van der Waals surface area contributed by atoms with Crippen LogP contribution >= 0.6 is 0 Å². The van der Waals surface area contributed by atoms with Crippen LogP contribution in [-0.2, 0) is 9.47 Å². The van der Waals surface area contributed by atoms with E-state index < -0.39 is 6.09 Å². The zero-order chi connectivity index (χ0) is 19.0. The van der Waals surface area contributed by atoms with Gasteiger partial charge in [0.15, 0.2) is 6.29 Å². The number of amides is 2. The molecule has 1 aromatic carbocycles. The molecule has 8 nitrogen and oxygen atoms in total. The second-order valence-electron chi connectivity index (χ2n) is 7.10. The number of carbonyl (C=O) groups is 2. The minimum absolute atomic E-state index is 0.178. The van der Waals surface area contributed by atoms with Gasteiger partial charge in [0.25, 0.3) is 5.91 Å². The number of methoxy groups -OCH3 is 1. The summed E-state index contributed by atoms with van der Waals surface area (Å²) in [4.78, 5) is 28.0. The first-order valence-electron chi connectivity index (χ1n) is 9.35. The van der Waals surface area contributed by atoms with Crippen molar-refractivity contribution in [3.8, 4) is 5.75 Å². The van der Waals surface area contributed by atoms with Crippen molar-refractivity contribution in [2.45, 2.75) is 44.1 Å². The van der Waals surface area contributed by atoms with Crippen LogP contribution in [0.2, 0.25) is 0 Å². The average Bonchev–Trinajstić information content (AvgIpc) is 3.02. The van der Waals surface area contributed by atoms with E-state index in [9.17, 15) is 14.7 Å². The predicted molar refractivity (Wildman–Crippen MR) is 96.3 cm³/mol.